The number of rotatable bonds is 6. The van der Waals surface area contributed by atoms with Crippen LogP contribution in [0, 0.1) is 16.0 Å². The van der Waals surface area contributed by atoms with E-state index in [2.05, 4.69) is 5.32 Å². The molecule has 0 heterocycles. The molecule has 0 spiro atoms. The van der Waals surface area contributed by atoms with Crippen LogP contribution < -0.4 is 5.32 Å². The minimum absolute atomic E-state index is 0.139. The monoisotopic (exact) mass is 328 g/mol. The third-order valence-electron chi connectivity index (χ3n) is 3.59. The second-order valence-corrected chi connectivity index (χ2v) is 5.95. The molecule has 1 amide bonds. The topological polar surface area (TPSA) is 110 Å². The number of carbonyl (C=O) groups is 2. The fourth-order valence-electron chi connectivity index (χ4n) is 1.88. The molecule has 2 N–H and O–H groups in total. The highest BCUT2D eigenvalue weighted by atomic mass is 35.5. The number of aliphatic carboxylic acids is 1. The van der Waals surface area contributed by atoms with Gasteiger partial charge in [-0.2, -0.15) is 0 Å². The fraction of sp³-hybridized carbons (Fsp3) is 0.429. The first-order valence-corrected chi connectivity index (χ1v) is 6.93. The van der Waals surface area contributed by atoms with Gasteiger partial charge in [0.05, 0.1) is 16.9 Å². The molecule has 0 aliphatic heterocycles. The molecular formula is C14H17ClN2O5. The maximum Gasteiger partial charge on any atom is 0.305 e. The Morgan fingerprint density at radius 2 is 2.05 bits per heavy atom. The van der Waals surface area contributed by atoms with Gasteiger partial charge >= 0.3 is 5.97 Å². The summed E-state index contributed by atoms with van der Waals surface area (Å²) >= 11 is 5.70. The Morgan fingerprint density at radius 3 is 2.50 bits per heavy atom. The number of nitrogens with one attached hydrogen (secondary N) is 1. The molecule has 1 aromatic carbocycles. The van der Waals surface area contributed by atoms with Crippen LogP contribution in [-0.2, 0) is 4.79 Å². The summed E-state index contributed by atoms with van der Waals surface area (Å²) in [6.07, 6.45) is -0.294. The molecular weight excluding hydrogens is 312 g/mol. The number of hydrogen-bond acceptors (Lipinski definition) is 4. The number of carbonyl (C=O) groups excluding carboxylic acids is 1. The lowest BCUT2D eigenvalue weighted by Crippen LogP contribution is -2.51. The smallest absolute Gasteiger partial charge is 0.305 e. The molecule has 1 rings (SSSR count). The molecule has 1 atom stereocenters. The summed E-state index contributed by atoms with van der Waals surface area (Å²) in [5, 5.41) is 22.7. The molecule has 0 fully saturated rings. The summed E-state index contributed by atoms with van der Waals surface area (Å²) in [5.41, 5.74) is -1.62. The first-order valence-electron chi connectivity index (χ1n) is 6.55. The van der Waals surface area contributed by atoms with Gasteiger partial charge in [-0.3, -0.25) is 19.7 Å². The Morgan fingerprint density at radius 1 is 1.45 bits per heavy atom. The molecule has 120 valence electrons. The van der Waals surface area contributed by atoms with E-state index in [1.165, 1.54) is 12.1 Å². The van der Waals surface area contributed by atoms with Crippen LogP contribution in [0.3, 0.4) is 0 Å². The van der Waals surface area contributed by atoms with Gasteiger partial charge in [-0.15, -0.1) is 0 Å². The molecule has 7 nitrogen and oxygen atoms in total. The summed E-state index contributed by atoms with van der Waals surface area (Å²) in [6, 6.07) is 3.70. The van der Waals surface area contributed by atoms with Gasteiger partial charge in [0.25, 0.3) is 11.6 Å². The average Bonchev–Trinajstić information content (AvgIpc) is 2.36. The van der Waals surface area contributed by atoms with Gasteiger partial charge in [0.15, 0.2) is 0 Å². The standard InChI is InChI=1S/C14H17ClN2O5/c1-8(2)14(3,7-12(18)19)16-13(20)10-5-4-9(15)6-11(10)17(21)22/h4-6,8H,7H2,1-3H3,(H,16,20)(H,18,19). The molecule has 0 saturated carbocycles. The van der Waals surface area contributed by atoms with Crippen molar-refractivity contribution in [1.82, 2.24) is 5.32 Å². The predicted octanol–water partition coefficient (Wildman–Crippen LogP) is 2.87. The molecule has 1 aromatic rings. The molecule has 0 aliphatic carbocycles. The third-order valence-corrected chi connectivity index (χ3v) is 3.83. The van der Waals surface area contributed by atoms with Gasteiger partial charge in [0, 0.05) is 11.1 Å². The molecule has 22 heavy (non-hydrogen) atoms. The Hall–Kier alpha value is -2.15. The van der Waals surface area contributed by atoms with Crippen LogP contribution >= 0.6 is 11.6 Å². The van der Waals surface area contributed by atoms with Crippen molar-refractivity contribution >= 4 is 29.2 Å². The van der Waals surface area contributed by atoms with Crippen LogP contribution in [0.2, 0.25) is 5.02 Å². The number of nitro groups is 1. The number of nitro benzene ring substituents is 1. The average molecular weight is 329 g/mol. The number of amides is 1. The summed E-state index contributed by atoms with van der Waals surface area (Å²) in [6.45, 7) is 5.12. The van der Waals surface area contributed by atoms with Gasteiger partial charge < -0.3 is 10.4 Å². The van der Waals surface area contributed by atoms with Crippen molar-refractivity contribution in [3.8, 4) is 0 Å². The van der Waals surface area contributed by atoms with Crippen molar-refractivity contribution in [2.75, 3.05) is 0 Å². The van der Waals surface area contributed by atoms with E-state index in [0.717, 1.165) is 6.07 Å². The highest BCUT2D eigenvalue weighted by molar-refractivity contribution is 6.31. The zero-order valence-corrected chi connectivity index (χ0v) is 13.2. The van der Waals surface area contributed by atoms with Gasteiger partial charge in [-0.1, -0.05) is 25.4 Å². The molecule has 0 aliphatic rings. The molecule has 0 bridgehead atoms. The molecule has 0 aromatic heterocycles. The van der Waals surface area contributed by atoms with Crippen molar-refractivity contribution in [2.24, 2.45) is 5.92 Å². The van der Waals surface area contributed by atoms with E-state index in [-0.39, 0.29) is 22.9 Å². The van der Waals surface area contributed by atoms with E-state index < -0.39 is 28.0 Å². The number of benzene rings is 1. The highest BCUT2D eigenvalue weighted by Gasteiger charge is 2.34. The van der Waals surface area contributed by atoms with E-state index in [1.54, 1.807) is 20.8 Å². The van der Waals surface area contributed by atoms with Gasteiger partial charge in [0.1, 0.15) is 5.56 Å². The van der Waals surface area contributed by atoms with Crippen molar-refractivity contribution < 1.29 is 19.6 Å². The summed E-state index contributed by atoms with van der Waals surface area (Å²) in [4.78, 5) is 33.6. The largest absolute Gasteiger partial charge is 0.481 e. The molecule has 0 radical (unpaired) electrons. The molecule has 1 unspecified atom stereocenters. The van der Waals surface area contributed by atoms with E-state index in [0.29, 0.717) is 0 Å². The third kappa shape index (κ3) is 4.17. The number of carboxylic acid groups (broad SMARTS) is 1. The normalized spacial score (nSPS) is 13.5. The first-order chi connectivity index (χ1) is 10.1. The van der Waals surface area contributed by atoms with Gasteiger partial charge in [0.2, 0.25) is 0 Å². The lowest BCUT2D eigenvalue weighted by Gasteiger charge is -2.33. The Labute approximate surface area is 132 Å². The van der Waals surface area contributed by atoms with Crippen LogP contribution in [0.15, 0.2) is 18.2 Å². The lowest BCUT2D eigenvalue weighted by atomic mass is 9.85. The number of nitrogens with zero attached hydrogens (tertiary/aromatic N) is 1. The number of halogens is 1. The quantitative estimate of drug-likeness (QED) is 0.616. The Kier molecular flexibility index (Phi) is 5.48. The van der Waals surface area contributed by atoms with E-state index >= 15 is 0 Å². The first kappa shape index (κ1) is 17.9. The van der Waals surface area contributed by atoms with Crippen LogP contribution in [0.25, 0.3) is 0 Å². The highest BCUT2D eigenvalue weighted by Crippen LogP contribution is 2.26. The van der Waals surface area contributed by atoms with Gasteiger partial charge in [-0.05, 0) is 25.0 Å². The van der Waals surface area contributed by atoms with Crippen molar-refractivity contribution in [3.63, 3.8) is 0 Å². The molecule has 8 heteroatoms. The fourth-order valence-corrected chi connectivity index (χ4v) is 2.05. The van der Waals surface area contributed by atoms with Gasteiger partial charge in [-0.25, -0.2) is 0 Å². The minimum Gasteiger partial charge on any atom is -0.481 e. The Balaban J connectivity index is 3.16. The van der Waals surface area contributed by atoms with Crippen LogP contribution in [0.4, 0.5) is 5.69 Å². The second-order valence-electron chi connectivity index (χ2n) is 5.52. The van der Waals surface area contributed by atoms with Crippen molar-refractivity contribution in [1.29, 1.82) is 0 Å². The van der Waals surface area contributed by atoms with E-state index in [1.807, 2.05) is 0 Å². The number of carboxylic acids is 1. The minimum atomic E-state index is -1.07. The van der Waals surface area contributed by atoms with Crippen LogP contribution in [-0.4, -0.2) is 27.4 Å². The maximum atomic E-state index is 12.3. The van der Waals surface area contributed by atoms with E-state index in [9.17, 15) is 19.7 Å². The summed E-state index contributed by atoms with van der Waals surface area (Å²) in [5.74, 6) is -1.96. The zero-order valence-electron chi connectivity index (χ0n) is 12.4. The van der Waals surface area contributed by atoms with Crippen LogP contribution in [0.1, 0.15) is 37.6 Å². The van der Waals surface area contributed by atoms with Crippen molar-refractivity contribution in [2.45, 2.75) is 32.7 Å². The maximum absolute atomic E-state index is 12.3. The van der Waals surface area contributed by atoms with E-state index in [4.69, 9.17) is 16.7 Å². The number of hydrogen-bond donors (Lipinski definition) is 2. The molecule has 0 saturated heterocycles. The van der Waals surface area contributed by atoms with Crippen LogP contribution in [0.5, 0.6) is 0 Å². The second kappa shape index (κ2) is 6.74. The van der Waals surface area contributed by atoms with Crippen molar-refractivity contribution in [3.05, 3.63) is 38.9 Å². The predicted molar refractivity (Wildman–Crippen MR) is 81.1 cm³/mol. The Bertz CT molecular complexity index is 617. The summed E-state index contributed by atoms with van der Waals surface area (Å²) < 4.78 is 0. The summed E-state index contributed by atoms with van der Waals surface area (Å²) in [7, 11) is 0. The SMILES string of the molecule is CC(C)C(C)(CC(=O)O)NC(=O)c1ccc(Cl)cc1[N+](=O)[O-]. The zero-order chi connectivity index (χ0) is 17.1. The lowest BCUT2D eigenvalue weighted by molar-refractivity contribution is -0.385.